The molecule has 102 valence electrons. The Morgan fingerprint density at radius 3 is 2.67 bits per heavy atom. The average molecular weight is 286 g/mol. The fourth-order valence-electron chi connectivity index (χ4n) is 1.25. The number of hydrogen-bond acceptors (Lipinski definition) is 2. The van der Waals surface area contributed by atoms with Crippen LogP contribution < -0.4 is 10.1 Å². The second-order valence-corrected chi connectivity index (χ2v) is 4.13. The Morgan fingerprint density at radius 1 is 1.39 bits per heavy atom. The van der Waals surface area contributed by atoms with Crippen LogP contribution in [0.2, 0.25) is 5.02 Å². The van der Waals surface area contributed by atoms with Gasteiger partial charge >= 0.3 is 6.18 Å². The quantitative estimate of drug-likeness (QED) is 0.837. The van der Waals surface area contributed by atoms with Crippen molar-refractivity contribution < 1.29 is 22.3 Å². The van der Waals surface area contributed by atoms with Gasteiger partial charge < -0.3 is 10.1 Å². The fraction of sp³-hybridized carbons (Fsp3) is 0.455. The Morgan fingerprint density at radius 2 is 2.06 bits per heavy atom. The van der Waals surface area contributed by atoms with Crippen molar-refractivity contribution in [2.75, 3.05) is 13.1 Å². The average Bonchev–Trinajstić information content (AvgIpc) is 2.23. The first kappa shape index (κ1) is 15.0. The highest BCUT2D eigenvalue weighted by molar-refractivity contribution is 6.30. The molecule has 0 heterocycles. The summed E-state index contributed by atoms with van der Waals surface area (Å²) in [4.78, 5) is 0. The van der Waals surface area contributed by atoms with Crippen molar-refractivity contribution in [3.63, 3.8) is 0 Å². The van der Waals surface area contributed by atoms with Crippen molar-refractivity contribution in [1.82, 2.24) is 5.32 Å². The summed E-state index contributed by atoms with van der Waals surface area (Å²) in [7, 11) is 0. The number of hydrogen-bond donors (Lipinski definition) is 1. The zero-order valence-electron chi connectivity index (χ0n) is 9.52. The highest BCUT2D eigenvalue weighted by atomic mass is 35.5. The molecule has 0 saturated carbocycles. The highest BCUT2D eigenvalue weighted by Gasteiger charge is 2.26. The van der Waals surface area contributed by atoms with Gasteiger partial charge in [-0.25, -0.2) is 4.39 Å². The van der Waals surface area contributed by atoms with Crippen molar-refractivity contribution >= 4 is 11.6 Å². The summed E-state index contributed by atoms with van der Waals surface area (Å²) in [5.74, 6) is -0.800. The van der Waals surface area contributed by atoms with Gasteiger partial charge in [0.25, 0.3) is 0 Å². The van der Waals surface area contributed by atoms with E-state index in [1.165, 1.54) is 25.1 Å². The fourth-order valence-corrected chi connectivity index (χ4v) is 1.42. The topological polar surface area (TPSA) is 21.3 Å². The summed E-state index contributed by atoms with van der Waals surface area (Å²) in [6.07, 6.45) is -4.89. The molecule has 0 saturated heterocycles. The van der Waals surface area contributed by atoms with Crippen molar-refractivity contribution in [2.45, 2.75) is 19.2 Å². The molecular formula is C11H12ClF4NO. The van der Waals surface area contributed by atoms with E-state index >= 15 is 0 Å². The smallest absolute Gasteiger partial charge is 0.401 e. The summed E-state index contributed by atoms with van der Waals surface area (Å²) in [6, 6.07) is 4.22. The third-order valence-electron chi connectivity index (χ3n) is 2.00. The van der Waals surface area contributed by atoms with Gasteiger partial charge in [0.05, 0.1) is 11.6 Å². The monoisotopic (exact) mass is 285 g/mol. The maximum atomic E-state index is 13.4. The van der Waals surface area contributed by atoms with E-state index in [2.05, 4.69) is 5.32 Å². The van der Waals surface area contributed by atoms with Gasteiger partial charge in [-0.3, -0.25) is 0 Å². The molecule has 0 bridgehead atoms. The molecule has 1 unspecified atom stereocenters. The third kappa shape index (κ3) is 5.10. The Balaban J connectivity index is 2.45. The van der Waals surface area contributed by atoms with Crippen LogP contribution in [-0.2, 0) is 0 Å². The molecular weight excluding hydrogens is 274 g/mol. The van der Waals surface area contributed by atoms with E-state index < -0.39 is 24.6 Å². The number of ether oxygens (including phenoxy) is 1. The Bertz CT molecular complexity index is 397. The minimum Gasteiger partial charge on any atom is -0.486 e. The second kappa shape index (κ2) is 6.24. The maximum absolute atomic E-state index is 13.4. The van der Waals surface area contributed by atoms with Crippen LogP contribution in [-0.4, -0.2) is 25.4 Å². The molecule has 0 radical (unpaired) electrons. The SMILES string of the molecule is CC(CNCC(F)(F)F)Oc1cccc(Cl)c1F. The van der Waals surface area contributed by atoms with Crippen LogP contribution in [0.1, 0.15) is 6.92 Å². The lowest BCUT2D eigenvalue weighted by molar-refractivity contribution is -0.125. The van der Waals surface area contributed by atoms with Gasteiger partial charge in [0.1, 0.15) is 6.10 Å². The van der Waals surface area contributed by atoms with Gasteiger partial charge in [-0.1, -0.05) is 17.7 Å². The molecule has 0 aromatic heterocycles. The predicted octanol–water partition coefficient (Wildman–Crippen LogP) is 3.40. The van der Waals surface area contributed by atoms with E-state index in [-0.39, 0.29) is 17.3 Å². The molecule has 0 spiro atoms. The standard InChI is InChI=1S/C11H12ClF4NO/c1-7(5-17-6-11(14,15)16)18-9-4-2-3-8(12)10(9)13/h2-4,7,17H,5-6H2,1H3. The molecule has 0 aliphatic heterocycles. The molecule has 1 aromatic rings. The molecule has 18 heavy (non-hydrogen) atoms. The van der Waals surface area contributed by atoms with Gasteiger partial charge in [0, 0.05) is 6.54 Å². The number of halogens is 5. The van der Waals surface area contributed by atoms with Crippen molar-refractivity contribution in [3.8, 4) is 5.75 Å². The second-order valence-electron chi connectivity index (χ2n) is 3.73. The molecule has 0 fully saturated rings. The first-order valence-corrected chi connectivity index (χ1v) is 5.55. The first-order chi connectivity index (χ1) is 8.29. The van der Waals surface area contributed by atoms with E-state index in [0.29, 0.717) is 0 Å². The summed E-state index contributed by atoms with van der Waals surface area (Å²) < 4.78 is 54.2. The van der Waals surface area contributed by atoms with Crippen LogP contribution in [0.3, 0.4) is 0 Å². The van der Waals surface area contributed by atoms with Crippen molar-refractivity contribution in [1.29, 1.82) is 0 Å². The van der Waals surface area contributed by atoms with Crippen LogP contribution in [0.4, 0.5) is 17.6 Å². The normalized spacial score (nSPS) is 13.4. The maximum Gasteiger partial charge on any atom is 0.401 e. The molecule has 1 rings (SSSR count). The summed E-state index contributed by atoms with van der Waals surface area (Å²) in [5, 5.41) is 2.08. The van der Waals surface area contributed by atoms with Crippen LogP contribution in [0, 0.1) is 5.82 Å². The molecule has 0 aliphatic rings. The van der Waals surface area contributed by atoms with E-state index in [1.807, 2.05) is 0 Å². The van der Waals surface area contributed by atoms with Crippen molar-refractivity contribution in [2.24, 2.45) is 0 Å². The minimum absolute atomic E-state index is 0.0501. The largest absolute Gasteiger partial charge is 0.486 e. The lowest BCUT2D eigenvalue weighted by Gasteiger charge is -2.16. The zero-order chi connectivity index (χ0) is 13.8. The zero-order valence-corrected chi connectivity index (χ0v) is 10.3. The number of nitrogens with one attached hydrogen (secondary N) is 1. The molecule has 1 aromatic carbocycles. The molecule has 2 nitrogen and oxygen atoms in total. The van der Waals surface area contributed by atoms with E-state index in [1.54, 1.807) is 0 Å². The third-order valence-corrected chi connectivity index (χ3v) is 2.29. The van der Waals surface area contributed by atoms with Crippen LogP contribution in [0.5, 0.6) is 5.75 Å². The summed E-state index contributed by atoms with van der Waals surface area (Å²) in [5.41, 5.74) is 0. The number of alkyl halides is 3. The minimum atomic E-state index is -4.28. The van der Waals surface area contributed by atoms with Crippen LogP contribution in [0.25, 0.3) is 0 Å². The van der Waals surface area contributed by atoms with Gasteiger partial charge in [-0.15, -0.1) is 0 Å². The van der Waals surface area contributed by atoms with Gasteiger partial charge in [0.2, 0.25) is 0 Å². The molecule has 0 aliphatic carbocycles. The van der Waals surface area contributed by atoms with Gasteiger partial charge in [-0.05, 0) is 19.1 Å². The van der Waals surface area contributed by atoms with Gasteiger partial charge in [-0.2, -0.15) is 13.2 Å². The Kier molecular flexibility index (Phi) is 5.22. The van der Waals surface area contributed by atoms with E-state index in [9.17, 15) is 17.6 Å². The predicted molar refractivity (Wildman–Crippen MR) is 60.4 cm³/mol. The Hall–Kier alpha value is -1.01. The number of rotatable bonds is 5. The van der Waals surface area contributed by atoms with E-state index in [0.717, 1.165) is 0 Å². The van der Waals surface area contributed by atoms with Gasteiger partial charge in [0.15, 0.2) is 11.6 Å². The van der Waals surface area contributed by atoms with Crippen LogP contribution in [0.15, 0.2) is 18.2 Å². The first-order valence-electron chi connectivity index (χ1n) is 5.18. The molecule has 0 amide bonds. The van der Waals surface area contributed by atoms with Crippen molar-refractivity contribution in [3.05, 3.63) is 29.0 Å². The lowest BCUT2D eigenvalue weighted by Crippen LogP contribution is -2.35. The molecule has 1 N–H and O–H groups in total. The van der Waals surface area contributed by atoms with Crippen LogP contribution >= 0.6 is 11.6 Å². The lowest BCUT2D eigenvalue weighted by atomic mass is 10.3. The highest BCUT2D eigenvalue weighted by Crippen LogP contribution is 2.24. The Labute approximate surface area is 107 Å². The molecule has 7 heteroatoms. The summed E-state index contributed by atoms with van der Waals surface area (Å²) >= 11 is 5.54. The molecule has 1 atom stereocenters. The van der Waals surface area contributed by atoms with E-state index in [4.69, 9.17) is 16.3 Å². The summed E-state index contributed by atoms with van der Waals surface area (Å²) in [6.45, 7) is 0.369. The number of benzene rings is 1.